The summed E-state index contributed by atoms with van der Waals surface area (Å²) in [5.41, 5.74) is 6.62. The normalized spacial score (nSPS) is 10.1. The number of carbonyl (C=O) groups excluding carboxylic acids is 1. The molecule has 0 spiro atoms. The first kappa shape index (κ1) is 11.0. The number of carbonyl (C=O) groups is 1. The number of nitrogens with two attached hydrogens (primary N) is 1. The first-order valence-electron chi connectivity index (χ1n) is 5.02. The third kappa shape index (κ3) is 2.36. The van der Waals surface area contributed by atoms with Crippen LogP contribution in [0, 0.1) is 0 Å². The summed E-state index contributed by atoms with van der Waals surface area (Å²) in [6.07, 6.45) is 1.47. The maximum atomic E-state index is 11.0. The summed E-state index contributed by atoms with van der Waals surface area (Å²) >= 11 is 0. The monoisotopic (exact) mass is 232 g/mol. The molecule has 6 nitrogen and oxygen atoms in total. The van der Waals surface area contributed by atoms with Gasteiger partial charge in [0.15, 0.2) is 0 Å². The number of phenols is 1. The zero-order valence-electron chi connectivity index (χ0n) is 8.97. The van der Waals surface area contributed by atoms with Gasteiger partial charge < -0.3 is 16.2 Å². The van der Waals surface area contributed by atoms with Crippen LogP contribution in [0.15, 0.2) is 30.5 Å². The highest BCUT2D eigenvalue weighted by Gasteiger charge is 2.10. The number of hydrogen-bond donors (Lipinski definition) is 4. The number of anilines is 1. The van der Waals surface area contributed by atoms with Crippen LogP contribution in [0.4, 0.5) is 5.69 Å². The fourth-order valence-electron chi connectivity index (χ4n) is 1.46. The van der Waals surface area contributed by atoms with Gasteiger partial charge in [0.05, 0.1) is 11.9 Å². The van der Waals surface area contributed by atoms with Crippen molar-refractivity contribution in [3.8, 4) is 5.75 Å². The molecule has 17 heavy (non-hydrogen) atoms. The number of aromatic hydroxyl groups is 1. The van der Waals surface area contributed by atoms with E-state index in [0.717, 1.165) is 5.56 Å². The predicted octanol–water partition coefficient (Wildman–Crippen LogP) is 0.826. The highest BCUT2D eigenvalue weighted by molar-refractivity contribution is 5.96. The molecule has 88 valence electrons. The molecule has 2 rings (SSSR count). The highest BCUT2D eigenvalue weighted by atomic mass is 16.3. The van der Waals surface area contributed by atoms with Gasteiger partial charge in [-0.3, -0.25) is 9.89 Å². The number of nitrogens with one attached hydrogen (secondary N) is 2. The van der Waals surface area contributed by atoms with Gasteiger partial charge in [0.25, 0.3) is 5.91 Å². The quantitative estimate of drug-likeness (QED) is 0.626. The van der Waals surface area contributed by atoms with Crippen LogP contribution in [0.3, 0.4) is 0 Å². The van der Waals surface area contributed by atoms with Crippen LogP contribution in [-0.4, -0.2) is 21.2 Å². The second-order valence-corrected chi connectivity index (χ2v) is 3.51. The molecule has 1 heterocycles. The van der Waals surface area contributed by atoms with Crippen LogP contribution in [0.2, 0.25) is 0 Å². The van der Waals surface area contributed by atoms with E-state index in [2.05, 4.69) is 15.5 Å². The van der Waals surface area contributed by atoms with Gasteiger partial charge in [0.1, 0.15) is 11.4 Å². The van der Waals surface area contributed by atoms with Gasteiger partial charge in [-0.05, 0) is 6.07 Å². The standard InChI is InChI=1S/C11H12N4O2/c12-11(17)10-8(6-14-15-10)13-5-7-3-1-2-4-9(7)16/h1-4,6,13,16H,5H2,(H2,12,17)(H,14,15). The Morgan fingerprint density at radius 2 is 2.24 bits per heavy atom. The van der Waals surface area contributed by atoms with E-state index in [-0.39, 0.29) is 11.4 Å². The van der Waals surface area contributed by atoms with Gasteiger partial charge in [-0.2, -0.15) is 5.10 Å². The van der Waals surface area contributed by atoms with E-state index in [1.807, 2.05) is 6.07 Å². The van der Waals surface area contributed by atoms with E-state index >= 15 is 0 Å². The summed E-state index contributed by atoms with van der Waals surface area (Å²) < 4.78 is 0. The molecular formula is C11H12N4O2. The molecule has 2 aromatic rings. The topological polar surface area (TPSA) is 104 Å². The molecule has 1 amide bonds. The van der Waals surface area contributed by atoms with Crippen LogP contribution in [0.25, 0.3) is 0 Å². The zero-order valence-corrected chi connectivity index (χ0v) is 8.97. The van der Waals surface area contributed by atoms with Crippen molar-refractivity contribution in [2.45, 2.75) is 6.54 Å². The maximum absolute atomic E-state index is 11.0. The molecule has 0 saturated heterocycles. The Morgan fingerprint density at radius 1 is 1.47 bits per heavy atom. The van der Waals surface area contributed by atoms with E-state index < -0.39 is 5.91 Å². The minimum absolute atomic E-state index is 0.198. The van der Waals surface area contributed by atoms with Crippen molar-refractivity contribution in [2.75, 3.05) is 5.32 Å². The fraction of sp³-hybridized carbons (Fsp3) is 0.0909. The molecule has 6 heteroatoms. The van der Waals surface area contributed by atoms with Gasteiger partial charge >= 0.3 is 0 Å². The number of primary amides is 1. The fourth-order valence-corrected chi connectivity index (χ4v) is 1.46. The van der Waals surface area contributed by atoms with Crippen LogP contribution in [0.5, 0.6) is 5.75 Å². The van der Waals surface area contributed by atoms with Crippen molar-refractivity contribution in [3.63, 3.8) is 0 Å². The van der Waals surface area contributed by atoms with E-state index in [1.54, 1.807) is 18.2 Å². The van der Waals surface area contributed by atoms with Crippen LogP contribution in [-0.2, 0) is 6.54 Å². The Hall–Kier alpha value is -2.50. The number of rotatable bonds is 4. The molecule has 0 unspecified atom stereocenters. The summed E-state index contributed by atoms with van der Waals surface area (Å²) in [5, 5.41) is 18.8. The molecule has 0 fully saturated rings. The summed E-state index contributed by atoms with van der Waals surface area (Å²) in [6, 6.07) is 6.94. The van der Waals surface area contributed by atoms with E-state index in [9.17, 15) is 9.90 Å². The largest absolute Gasteiger partial charge is 0.508 e. The predicted molar refractivity (Wildman–Crippen MR) is 62.5 cm³/mol. The lowest BCUT2D eigenvalue weighted by molar-refractivity contribution is 0.0996. The van der Waals surface area contributed by atoms with Gasteiger partial charge in [-0.1, -0.05) is 18.2 Å². The Balaban J connectivity index is 2.10. The number of amides is 1. The number of para-hydroxylation sites is 1. The lowest BCUT2D eigenvalue weighted by Crippen LogP contribution is -2.14. The van der Waals surface area contributed by atoms with E-state index in [4.69, 9.17) is 5.73 Å². The Bertz CT molecular complexity index is 536. The first-order chi connectivity index (χ1) is 8.18. The molecule has 1 aromatic heterocycles. The number of aromatic amines is 1. The molecule has 0 saturated carbocycles. The van der Waals surface area contributed by atoms with Crippen LogP contribution < -0.4 is 11.1 Å². The van der Waals surface area contributed by atoms with Gasteiger partial charge in [0.2, 0.25) is 0 Å². The molecular weight excluding hydrogens is 220 g/mol. The second-order valence-electron chi connectivity index (χ2n) is 3.51. The average molecular weight is 232 g/mol. The van der Waals surface area contributed by atoms with Crippen LogP contribution in [0.1, 0.15) is 16.1 Å². The number of nitrogens with zero attached hydrogens (tertiary/aromatic N) is 1. The van der Waals surface area contributed by atoms with Gasteiger partial charge in [-0.25, -0.2) is 0 Å². The van der Waals surface area contributed by atoms with Crippen LogP contribution >= 0.6 is 0 Å². The van der Waals surface area contributed by atoms with Crippen molar-refractivity contribution in [2.24, 2.45) is 5.73 Å². The van der Waals surface area contributed by atoms with Crippen molar-refractivity contribution in [1.29, 1.82) is 0 Å². The summed E-state index contributed by atoms with van der Waals surface area (Å²) in [6.45, 7) is 0.381. The Morgan fingerprint density at radius 3 is 2.94 bits per heavy atom. The molecule has 0 aliphatic rings. The minimum Gasteiger partial charge on any atom is -0.508 e. The summed E-state index contributed by atoms with van der Waals surface area (Å²) in [7, 11) is 0. The lowest BCUT2D eigenvalue weighted by Gasteiger charge is -2.06. The van der Waals surface area contributed by atoms with Crippen molar-refractivity contribution >= 4 is 11.6 Å². The molecule has 0 aliphatic heterocycles. The van der Waals surface area contributed by atoms with E-state index in [1.165, 1.54) is 6.20 Å². The number of phenolic OH excluding ortho intramolecular Hbond substituents is 1. The van der Waals surface area contributed by atoms with Gasteiger partial charge in [0, 0.05) is 12.1 Å². The average Bonchev–Trinajstić information content (AvgIpc) is 2.76. The first-order valence-corrected chi connectivity index (χ1v) is 5.02. The van der Waals surface area contributed by atoms with Crippen molar-refractivity contribution in [1.82, 2.24) is 10.2 Å². The Labute approximate surface area is 97.5 Å². The van der Waals surface area contributed by atoms with Crippen molar-refractivity contribution in [3.05, 3.63) is 41.7 Å². The van der Waals surface area contributed by atoms with E-state index in [0.29, 0.717) is 12.2 Å². The number of aromatic nitrogens is 2. The zero-order chi connectivity index (χ0) is 12.3. The smallest absolute Gasteiger partial charge is 0.268 e. The summed E-state index contributed by atoms with van der Waals surface area (Å²) in [4.78, 5) is 11.0. The molecule has 0 aliphatic carbocycles. The Kier molecular flexibility index (Phi) is 2.95. The molecule has 0 radical (unpaired) electrons. The molecule has 0 atom stereocenters. The minimum atomic E-state index is -0.581. The highest BCUT2D eigenvalue weighted by Crippen LogP contribution is 2.18. The van der Waals surface area contributed by atoms with Gasteiger partial charge in [-0.15, -0.1) is 0 Å². The third-order valence-corrected chi connectivity index (χ3v) is 2.35. The maximum Gasteiger partial charge on any atom is 0.268 e. The SMILES string of the molecule is NC(=O)c1[nH]ncc1NCc1ccccc1O. The lowest BCUT2D eigenvalue weighted by atomic mass is 10.2. The molecule has 5 N–H and O–H groups in total. The number of H-pyrrole nitrogens is 1. The second kappa shape index (κ2) is 4.56. The van der Waals surface area contributed by atoms with Crippen molar-refractivity contribution < 1.29 is 9.90 Å². The summed E-state index contributed by atoms with van der Waals surface area (Å²) in [5.74, 6) is -0.383. The number of benzene rings is 1. The molecule has 1 aromatic carbocycles. The third-order valence-electron chi connectivity index (χ3n) is 2.35. The molecule has 0 bridgehead atoms. The number of hydrogen-bond acceptors (Lipinski definition) is 4.